The smallest absolute Gasteiger partial charge is 0.144 e. The highest BCUT2D eigenvalue weighted by Gasteiger charge is 2.18. The van der Waals surface area contributed by atoms with Gasteiger partial charge in [-0.3, -0.25) is 0 Å². The molecule has 2 aromatic carbocycles. The molecule has 0 atom stereocenters. The molecule has 0 bridgehead atoms. The van der Waals surface area contributed by atoms with Gasteiger partial charge in [0, 0.05) is 19.6 Å². The number of hydroxylamine groups is 2. The number of fused-ring (bicyclic) bond motifs is 1. The summed E-state index contributed by atoms with van der Waals surface area (Å²) in [5, 5.41) is 1.85. The number of hydrogen-bond donors (Lipinski definition) is 1. The van der Waals surface area contributed by atoms with Gasteiger partial charge in [0.2, 0.25) is 0 Å². The van der Waals surface area contributed by atoms with Crippen LogP contribution in [-0.2, 0) is 11.5 Å². The molecule has 0 spiro atoms. The van der Waals surface area contributed by atoms with Gasteiger partial charge in [0.15, 0.2) is 0 Å². The van der Waals surface area contributed by atoms with Crippen molar-refractivity contribution in [3.8, 4) is 5.75 Å². The molecule has 3 aromatic rings. The van der Waals surface area contributed by atoms with E-state index in [4.69, 9.17) is 9.68 Å². The van der Waals surface area contributed by atoms with Gasteiger partial charge in [-0.15, -0.1) is 0 Å². The van der Waals surface area contributed by atoms with Crippen LogP contribution in [0.15, 0.2) is 42.5 Å². The second-order valence-corrected chi connectivity index (χ2v) is 5.89. The minimum absolute atomic E-state index is 0.746. The van der Waals surface area contributed by atoms with Crippen LogP contribution < -0.4 is 10.2 Å². The molecule has 1 aliphatic rings. The van der Waals surface area contributed by atoms with Crippen LogP contribution in [0.5, 0.6) is 5.75 Å². The molecule has 0 aliphatic carbocycles. The summed E-state index contributed by atoms with van der Waals surface area (Å²) in [6.07, 6.45) is 0. The highest BCUT2D eigenvalue weighted by Crippen LogP contribution is 2.27. The van der Waals surface area contributed by atoms with Crippen LogP contribution >= 0.6 is 0 Å². The first-order valence-electron chi connectivity index (χ1n) is 8.01. The number of anilines is 1. The van der Waals surface area contributed by atoms with E-state index in [1.54, 1.807) is 7.11 Å². The van der Waals surface area contributed by atoms with Gasteiger partial charge in [-0.05, 0) is 36.8 Å². The molecule has 0 unspecified atom stereocenters. The number of nitrogens with one attached hydrogen (secondary N) is 1. The molecule has 1 saturated heterocycles. The van der Waals surface area contributed by atoms with Crippen molar-refractivity contribution in [3.63, 3.8) is 0 Å². The Balaban J connectivity index is 1.58. The molecule has 6 heteroatoms. The zero-order chi connectivity index (χ0) is 16.5. The second kappa shape index (κ2) is 6.14. The lowest BCUT2D eigenvalue weighted by Crippen LogP contribution is -2.07. The fourth-order valence-corrected chi connectivity index (χ4v) is 2.74. The Hall–Kier alpha value is -2.57. The molecule has 0 radical (unpaired) electrons. The van der Waals surface area contributed by atoms with E-state index in [0.717, 1.165) is 47.9 Å². The summed E-state index contributed by atoms with van der Waals surface area (Å²) in [4.78, 5) is 9.98. The lowest BCUT2D eigenvalue weighted by atomic mass is 10.2. The summed E-state index contributed by atoms with van der Waals surface area (Å²) in [6, 6.07) is 14.2. The molecule has 0 saturated carbocycles. The van der Waals surface area contributed by atoms with Gasteiger partial charge in [-0.2, -0.15) is 10.0 Å². The van der Waals surface area contributed by atoms with Crippen LogP contribution in [0.1, 0.15) is 11.4 Å². The molecule has 24 heavy (non-hydrogen) atoms. The summed E-state index contributed by atoms with van der Waals surface area (Å²) in [5.41, 5.74) is 7.06. The number of methoxy groups -OCH3 is 1. The highest BCUT2D eigenvalue weighted by atomic mass is 16.8. The van der Waals surface area contributed by atoms with E-state index in [-0.39, 0.29) is 0 Å². The third kappa shape index (κ3) is 2.93. The number of hydrogen-bond acceptors (Lipinski definition) is 5. The van der Waals surface area contributed by atoms with Gasteiger partial charge in [-0.1, -0.05) is 18.2 Å². The van der Waals surface area contributed by atoms with Crippen LogP contribution in [-0.4, -0.2) is 34.8 Å². The van der Waals surface area contributed by atoms with Crippen LogP contribution in [0.4, 0.5) is 5.69 Å². The number of imidazole rings is 1. The van der Waals surface area contributed by atoms with Crippen LogP contribution in [0.3, 0.4) is 0 Å². The van der Waals surface area contributed by atoms with E-state index < -0.39 is 0 Å². The summed E-state index contributed by atoms with van der Waals surface area (Å²) < 4.78 is 7.69. The number of rotatable bonds is 6. The molecule has 6 nitrogen and oxygen atoms in total. The van der Waals surface area contributed by atoms with E-state index in [9.17, 15) is 0 Å². The first kappa shape index (κ1) is 15.0. The Morgan fingerprint density at radius 3 is 2.62 bits per heavy atom. The molecule has 2 heterocycles. The Bertz CT molecular complexity index is 853. The van der Waals surface area contributed by atoms with E-state index in [2.05, 4.69) is 27.2 Å². The maximum atomic E-state index is 5.51. The van der Waals surface area contributed by atoms with Crippen LogP contribution in [0.2, 0.25) is 0 Å². The van der Waals surface area contributed by atoms with Gasteiger partial charge in [-0.25, -0.2) is 10.5 Å². The molecular weight excluding hydrogens is 304 g/mol. The lowest BCUT2D eigenvalue weighted by molar-refractivity contribution is -0.0258. The second-order valence-electron chi connectivity index (χ2n) is 5.89. The van der Waals surface area contributed by atoms with Crippen molar-refractivity contribution in [1.82, 2.24) is 14.6 Å². The molecule has 1 aliphatic heterocycles. The third-order valence-corrected chi connectivity index (χ3v) is 4.13. The third-order valence-electron chi connectivity index (χ3n) is 4.13. The lowest BCUT2D eigenvalue weighted by Gasteiger charge is -2.11. The van der Waals surface area contributed by atoms with Crippen molar-refractivity contribution >= 4 is 16.7 Å². The maximum absolute atomic E-state index is 5.51. The van der Waals surface area contributed by atoms with Crippen molar-refractivity contribution in [2.24, 2.45) is 0 Å². The van der Waals surface area contributed by atoms with E-state index in [0.29, 0.717) is 0 Å². The minimum atomic E-state index is 0.746. The zero-order valence-electron chi connectivity index (χ0n) is 13.8. The Morgan fingerprint density at radius 2 is 1.92 bits per heavy atom. The summed E-state index contributed by atoms with van der Waals surface area (Å²) in [7, 11) is 1.69. The first-order valence-corrected chi connectivity index (χ1v) is 8.01. The van der Waals surface area contributed by atoms with Crippen molar-refractivity contribution < 1.29 is 9.68 Å². The summed E-state index contributed by atoms with van der Waals surface area (Å²) >= 11 is 0. The molecule has 1 aromatic heterocycles. The number of ether oxygens (including phenoxy) is 1. The molecule has 4 rings (SSSR count). The molecular formula is C18H20N4O2. The summed E-state index contributed by atoms with van der Waals surface area (Å²) in [6.45, 7) is 4.74. The van der Waals surface area contributed by atoms with Crippen LogP contribution in [0, 0.1) is 6.92 Å². The van der Waals surface area contributed by atoms with E-state index >= 15 is 0 Å². The van der Waals surface area contributed by atoms with Crippen molar-refractivity contribution in [2.45, 2.75) is 13.5 Å². The predicted octanol–water partition coefficient (Wildman–Crippen LogP) is 2.98. The van der Waals surface area contributed by atoms with Crippen LogP contribution in [0.25, 0.3) is 11.0 Å². The topological polar surface area (TPSA) is 51.3 Å². The summed E-state index contributed by atoms with van der Waals surface area (Å²) in [5.74, 6) is 1.82. The minimum Gasteiger partial charge on any atom is -0.494 e. The molecule has 1 N–H and O–H groups in total. The van der Waals surface area contributed by atoms with Gasteiger partial charge in [0.05, 0.1) is 18.3 Å². The Morgan fingerprint density at radius 1 is 1.12 bits per heavy atom. The molecule has 124 valence electrons. The van der Waals surface area contributed by atoms with E-state index in [1.165, 1.54) is 5.56 Å². The van der Waals surface area contributed by atoms with Crippen molar-refractivity contribution in [2.75, 3.05) is 25.7 Å². The number of aromatic nitrogens is 2. The quantitative estimate of drug-likeness (QED) is 0.558. The number of para-hydroxylation sites is 1. The molecule has 0 amide bonds. The normalized spacial score (nSPS) is 14.1. The monoisotopic (exact) mass is 324 g/mol. The fraction of sp³-hybridized carbons (Fsp3) is 0.278. The Labute approximate surface area is 140 Å². The highest BCUT2D eigenvalue weighted by molar-refractivity contribution is 5.82. The molecule has 1 fully saturated rings. The SMILES string of the molecule is COc1cccc2nc(C)n(Cc3ccc(NON4CC4)cc3)c12. The van der Waals surface area contributed by atoms with E-state index in [1.807, 2.05) is 42.3 Å². The predicted molar refractivity (Wildman–Crippen MR) is 92.8 cm³/mol. The van der Waals surface area contributed by atoms with Gasteiger partial charge < -0.3 is 9.30 Å². The average molecular weight is 324 g/mol. The van der Waals surface area contributed by atoms with Crippen molar-refractivity contribution in [1.29, 1.82) is 0 Å². The van der Waals surface area contributed by atoms with Gasteiger partial charge in [0.25, 0.3) is 0 Å². The maximum Gasteiger partial charge on any atom is 0.144 e. The number of nitrogens with zero attached hydrogens (tertiary/aromatic N) is 3. The number of benzene rings is 2. The Kier molecular flexibility index (Phi) is 3.84. The zero-order valence-corrected chi connectivity index (χ0v) is 13.8. The standard InChI is InChI=1S/C18H20N4O2/c1-13-19-16-4-3-5-17(23-2)18(16)22(13)12-14-6-8-15(9-7-14)20-24-21-10-11-21/h3-9,20H,10-12H2,1-2H3. The van der Waals surface area contributed by atoms with Gasteiger partial charge >= 0.3 is 0 Å². The largest absolute Gasteiger partial charge is 0.494 e. The first-order chi connectivity index (χ1) is 11.7. The van der Waals surface area contributed by atoms with Gasteiger partial charge in [0.1, 0.15) is 17.1 Å². The average Bonchev–Trinajstić information content (AvgIpc) is 3.38. The van der Waals surface area contributed by atoms with Crippen molar-refractivity contribution in [3.05, 3.63) is 53.9 Å². The number of aryl methyl sites for hydroxylation is 1. The fourth-order valence-electron chi connectivity index (χ4n) is 2.74.